The standard InChI is InChI=1S/C17H21N3/c18-16-8-14(19-17-7-2-1-6-15(16)17)11-20-9-12-4-3-5-13(12)10-20/h1-2,6-8,12-13H,3-5,9-11H2,(H2,18,19). The van der Waals surface area contributed by atoms with Gasteiger partial charge in [-0.2, -0.15) is 0 Å². The zero-order chi connectivity index (χ0) is 13.5. The maximum Gasteiger partial charge on any atom is 0.0726 e. The van der Waals surface area contributed by atoms with Crippen LogP contribution in [-0.4, -0.2) is 23.0 Å². The highest BCUT2D eigenvalue weighted by atomic mass is 15.2. The normalized spacial score (nSPS) is 26.2. The molecule has 1 aromatic carbocycles. The van der Waals surface area contributed by atoms with Gasteiger partial charge in [-0.25, -0.2) is 0 Å². The first kappa shape index (κ1) is 12.2. The maximum atomic E-state index is 6.16. The Hall–Kier alpha value is -1.61. The first-order valence-corrected chi connectivity index (χ1v) is 7.66. The number of pyridine rings is 1. The summed E-state index contributed by atoms with van der Waals surface area (Å²) in [6, 6.07) is 10.2. The topological polar surface area (TPSA) is 42.1 Å². The molecule has 2 N–H and O–H groups in total. The molecule has 1 saturated heterocycles. The second-order valence-corrected chi connectivity index (χ2v) is 6.37. The van der Waals surface area contributed by atoms with Crippen molar-refractivity contribution in [1.29, 1.82) is 0 Å². The van der Waals surface area contributed by atoms with Crippen molar-refractivity contribution in [1.82, 2.24) is 9.88 Å². The molecule has 2 heterocycles. The van der Waals surface area contributed by atoms with Crippen LogP contribution >= 0.6 is 0 Å². The zero-order valence-electron chi connectivity index (χ0n) is 11.8. The van der Waals surface area contributed by atoms with E-state index in [1.807, 2.05) is 24.3 Å². The van der Waals surface area contributed by atoms with E-state index >= 15 is 0 Å². The Morgan fingerprint density at radius 3 is 2.70 bits per heavy atom. The Morgan fingerprint density at radius 2 is 1.90 bits per heavy atom. The van der Waals surface area contributed by atoms with Gasteiger partial charge in [0, 0.05) is 30.7 Å². The highest BCUT2D eigenvalue weighted by molar-refractivity contribution is 5.90. The summed E-state index contributed by atoms with van der Waals surface area (Å²) < 4.78 is 0. The fourth-order valence-electron chi connectivity index (χ4n) is 4.03. The first-order chi connectivity index (χ1) is 9.79. The van der Waals surface area contributed by atoms with E-state index in [1.54, 1.807) is 0 Å². The number of benzene rings is 1. The van der Waals surface area contributed by atoms with Gasteiger partial charge >= 0.3 is 0 Å². The van der Waals surface area contributed by atoms with Crippen molar-refractivity contribution < 1.29 is 0 Å². The lowest BCUT2D eigenvalue weighted by Gasteiger charge is -2.17. The molecule has 3 nitrogen and oxygen atoms in total. The van der Waals surface area contributed by atoms with Gasteiger partial charge in [0.15, 0.2) is 0 Å². The second kappa shape index (κ2) is 4.74. The number of fused-ring (bicyclic) bond motifs is 2. The van der Waals surface area contributed by atoms with Gasteiger partial charge < -0.3 is 5.73 Å². The minimum atomic E-state index is 0.852. The van der Waals surface area contributed by atoms with Crippen LogP contribution in [0.5, 0.6) is 0 Å². The molecular weight excluding hydrogens is 246 g/mol. The Labute approximate surface area is 119 Å². The molecule has 1 aliphatic heterocycles. The number of aromatic nitrogens is 1. The predicted molar refractivity (Wildman–Crippen MR) is 82.3 cm³/mol. The largest absolute Gasteiger partial charge is 0.398 e. The van der Waals surface area contributed by atoms with Crippen molar-refractivity contribution in [3.8, 4) is 0 Å². The Balaban J connectivity index is 1.57. The Kier molecular flexibility index (Phi) is 2.88. The van der Waals surface area contributed by atoms with Crippen LogP contribution in [0.1, 0.15) is 25.0 Å². The number of hydrogen-bond acceptors (Lipinski definition) is 3. The van der Waals surface area contributed by atoms with Gasteiger partial charge in [-0.3, -0.25) is 9.88 Å². The van der Waals surface area contributed by atoms with Crippen LogP contribution in [-0.2, 0) is 6.54 Å². The number of nitrogen functional groups attached to an aromatic ring is 1. The van der Waals surface area contributed by atoms with Crippen LogP contribution in [0.25, 0.3) is 10.9 Å². The molecule has 4 rings (SSSR count). The zero-order valence-corrected chi connectivity index (χ0v) is 11.8. The SMILES string of the molecule is Nc1cc(CN2CC3CCCC3C2)nc2ccccc12. The summed E-state index contributed by atoms with van der Waals surface area (Å²) in [5, 5.41) is 1.06. The van der Waals surface area contributed by atoms with E-state index < -0.39 is 0 Å². The molecule has 1 saturated carbocycles. The van der Waals surface area contributed by atoms with Gasteiger partial charge in [0.1, 0.15) is 0 Å². The fraction of sp³-hybridized carbons (Fsp3) is 0.471. The van der Waals surface area contributed by atoms with Crippen molar-refractivity contribution in [3.63, 3.8) is 0 Å². The van der Waals surface area contributed by atoms with E-state index in [2.05, 4.69) is 11.0 Å². The van der Waals surface area contributed by atoms with Crippen LogP contribution in [0, 0.1) is 11.8 Å². The summed E-state index contributed by atoms with van der Waals surface area (Å²) >= 11 is 0. The molecule has 20 heavy (non-hydrogen) atoms. The minimum Gasteiger partial charge on any atom is -0.398 e. The molecule has 2 aromatic rings. The second-order valence-electron chi connectivity index (χ2n) is 6.37. The number of hydrogen-bond donors (Lipinski definition) is 1. The molecule has 0 spiro atoms. The Bertz CT molecular complexity index is 625. The van der Waals surface area contributed by atoms with E-state index in [0.717, 1.165) is 40.7 Å². The monoisotopic (exact) mass is 267 g/mol. The summed E-state index contributed by atoms with van der Waals surface area (Å²) in [5.41, 5.74) is 9.14. The van der Waals surface area contributed by atoms with Gasteiger partial charge in [0.25, 0.3) is 0 Å². The smallest absolute Gasteiger partial charge is 0.0726 e. The quantitative estimate of drug-likeness (QED) is 0.909. The number of rotatable bonds is 2. The molecule has 1 aliphatic carbocycles. The molecule has 104 valence electrons. The van der Waals surface area contributed by atoms with Crippen LogP contribution in [0.15, 0.2) is 30.3 Å². The van der Waals surface area contributed by atoms with E-state index in [-0.39, 0.29) is 0 Å². The van der Waals surface area contributed by atoms with Gasteiger partial charge in [-0.15, -0.1) is 0 Å². The van der Waals surface area contributed by atoms with Crippen molar-refractivity contribution in [2.24, 2.45) is 11.8 Å². The average Bonchev–Trinajstić information content (AvgIpc) is 2.99. The first-order valence-electron chi connectivity index (χ1n) is 7.66. The molecule has 2 fully saturated rings. The lowest BCUT2D eigenvalue weighted by Crippen LogP contribution is -2.21. The molecular formula is C17H21N3. The van der Waals surface area contributed by atoms with Gasteiger partial charge in [0.2, 0.25) is 0 Å². The summed E-state index contributed by atoms with van der Waals surface area (Å²) in [7, 11) is 0. The van der Waals surface area contributed by atoms with Crippen LogP contribution in [0.3, 0.4) is 0 Å². The van der Waals surface area contributed by atoms with E-state index in [9.17, 15) is 0 Å². The average molecular weight is 267 g/mol. The molecule has 2 unspecified atom stereocenters. The summed E-state index contributed by atoms with van der Waals surface area (Å²) in [4.78, 5) is 7.33. The van der Waals surface area contributed by atoms with E-state index in [4.69, 9.17) is 10.7 Å². The van der Waals surface area contributed by atoms with Gasteiger partial charge in [-0.1, -0.05) is 24.6 Å². The van der Waals surface area contributed by atoms with Crippen LogP contribution in [0.4, 0.5) is 5.69 Å². The molecule has 2 aliphatic rings. The summed E-state index contributed by atoms with van der Waals surface area (Å²) in [5.74, 6) is 1.88. The third kappa shape index (κ3) is 2.06. The molecule has 0 amide bonds. The molecule has 3 heteroatoms. The summed E-state index contributed by atoms with van der Waals surface area (Å²) in [6.45, 7) is 3.44. The molecule has 0 bridgehead atoms. The fourth-order valence-corrected chi connectivity index (χ4v) is 4.03. The number of likely N-dealkylation sites (tertiary alicyclic amines) is 1. The maximum absolute atomic E-state index is 6.16. The van der Waals surface area contributed by atoms with Gasteiger partial charge in [0.05, 0.1) is 11.2 Å². The summed E-state index contributed by atoms with van der Waals surface area (Å²) in [6.07, 6.45) is 4.28. The highest BCUT2D eigenvalue weighted by Gasteiger charge is 2.35. The molecule has 2 atom stereocenters. The Morgan fingerprint density at radius 1 is 1.15 bits per heavy atom. The van der Waals surface area contributed by atoms with E-state index in [0.29, 0.717) is 0 Å². The molecule has 0 radical (unpaired) electrons. The lowest BCUT2D eigenvalue weighted by molar-refractivity contribution is 0.300. The third-order valence-corrected chi connectivity index (χ3v) is 4.99. The van der Waals surface area contributed by atoms with Crippen molar-refractivity contribution in [2.45, 2.75) is 25.8 Å². The van der Waals surface area contributed by atoms with Crippen molar-refractivity contribution in [2.75, 3.05) is 18.8 Å². The number of nitrogens with two attached hydrogens (primary N) is 1. The minimum absolute atomic E-state index is 0.852. The number of nitrogens with zero attached hydrogens (tertiary/aromatic N) is 2. The lowest BCUT2D eigenvalue weighted by atomic mass is 10.0. The van der Waals surface area contributed by atoms with Crippen molar-refractivity contribution >= 4 is 16.6 Å². The number of anilines is 1. The van der Waals surface area contributed by atoms with Crippen LogP contribution < -0.4 is 5.73 Å². The van der Waals surface area contributed by atoms with Crippen molar-refractivity contribution in [3.05, 3.63) is 36.0 Å². The third-order valence-electron chi connectivity index (χ3n) is 4.99. The molecule has 1 aromatic heterocycles. The number of para-hydroxylation sites is 1. The van der Waals surface area contributed by atoms with E-state index in [1.165, 1.54) is 32.4 Å². The van der Waals surface area contributed by atoms with Gasteiger partial charge in [-0.05, 0) is 36.8 Å². The highest BCUT2D eigenvalue weighted by Crippen LogP contribution is 2.38. The van der Waals surface area contributed by atoms with Crippen LogP contribution in [0.2, 0.25) is 0 Å². The predicted octanol–water partition coefficient (Wildman–Crippen LogP) is 3.05.